The molecule has 0 saturated carbocycles. The number of carbonyl (C=O) groups is 2. The Morgan fingerprint density at radius 3 is 2.17 bits per heavy atom. The second-order valence-corrected chi connectivity index (χ2v) is 12.3. The van der Waals surface area contributed by atoms with Crippen LogP contribution in [-0.2, 0) is 26.2 Å². The molecule has 0 unspecified atom stereocenters. The third kappa shape index (κ3) is 9.35. The van der Waals surface area contributed by atoms with E-state index in [4.69, 9.17) is 23.2 Å². The number of anilines is 1. The van der Waals surface area contributed by atoms with Crippen LogP contribution >= 0.6 is 23.2 Å². The standard InChI is InChI=1S/C25H33Cl2N3O4S/c1-18(24(32)28-25(2,3)4)29(17-19-9-6-10-20(26)15-19)23(31)13-8-14-30(35(5,33)34)22-12-7-11-21(27)16-22/h6-7,9-12,15-16,18H,8,13-14,17H2,1-5H3,(H,28,32)/t18-/m0/s1. The van der Waals surface area contributed by atoms with Gasteiger partial charge in [-0.15, -0.1) is 0 Å². The minimum Gasteiger partial charge on any atom is -0.350 e. The second kappa shape index (κ2) is 12.1. The molecule has 2 amide bonds. The van der Waals surface area contributed by atoms with E-state index in [1.807, 2.05) is 26.8 Å². The van der Waals surface area contributed by atoms with Gasteiger partial charge in [-0.2, -0.15) is 0 Å². The average molecular weight is 543 g/mol. The molecule has 2 aromatic carbocycles. The van der Waals surface area contributed by atoms with E-state index in [9.17, 15) is 18.0 Å². The van der Waals surface area contributed by atoms with Crippen molar-refractivity contribution in [1.29, 1.82) is 0 Å². The molecule has 0 aliphatic rings. The van der Waals surface area contributed by atoms with Crippen LogP contribution in [0.25, 0.3) is 0 Å². The minimum absolute atomic E-state index is 0.0558. The third-order valence-electron chi connectivity index (χ3n) is 5.16. The predicted molar refractivity (Wildman–Crippen MR) is 142 cm³/mol. The number of hydrogen-bond donors (Lipinski definition) is 1. The van der Waals surface area contributed by atoms with Gasteiger partial charge in [0.1, 0.15) is 6.04 Å². The summed E-state index contributed by atoms with van der Waals surface area (Å²) < 4.78 is 26.0. The summed E-state index contributed by atoms with van der Waals surface area (Å²) >= 11 is 12.1. The summed E-state index contributed by atoms with van der Waals surface area (Å²) in [5.74, 6) is -0.536. The van der Waals surface area contributed by atoms with E-state index >= 15 is 0 Å². The van der Waals surface area contributed by atoms with Crippen LogP contribution in [0.15, 0.2) is 48.5 Å². The van der Waals surface area contributed by atoms with Gasteiger partial charge in [-0.1, -0.05) is 41.4 Å². The molecule has 2 aromatic rings. The van der Waals surface area contributed by atoms with E-state index in [2.05, 4.69) is 5.32 Å². The van der Waals surface area contributed by atoms with Gasteiger partial charge >= 0.3 is 0 Å². The number of sulfonamides is 1. The number of nitrogens with zero attached hydrogens (tertiary/aromatic N) is 2. The first-order chi connectivity index (χ1) is 16.2. The Balaban J connectivity index is 2.19. The van der Waals surface area contributed by atoms with Gasteiger partial charge in [-0.25, -0.2) is 8.42 Å². The molecule has 1 atom stereocenters. The van der Waals surface area contributed by atoms with Gasteiger partial charge < -0.3 is 10.2 Å². The summed E-state index contributed by atoms with van der Waals surface area (Å²) in [5, 5.41) is 3.86. The van der Waals surface area contributed by atoms with Crippen LogP contribution in [0.3, 0.4) is 0 Å². The highest BCUT2D eigenvalue weighted by atomic mass is 35.5. The monoisotopic (exact) mass is 541 g/mol. The number of halogens is 2. The van der Waals surface area contributed by atoms with Crippen molar-refractivity contribution in [2.75, 3.05) is 17.1 Å². The normalized spacial score (nSPS) is 12.7. The minimum atomic E-state index is -3.59. The smallest absolute Gasteiger partial charge is 0.242 e. The van der Waals surface area contributed by atoms with E-state index in [0.29, 0.717) is 15.7 Å². The lowest BCUT2D eigenvalue weighted by atomic mass is 10.1. The Morgan fingerprint density at radius 1 is 1.03 bits per heavy atom. The molecule has 1 N–H and O–H groups in total. The summed E-state index contributed by atoms with van der Waals surface area (Å²) in [6.07, 6.45) is 1.43. The summed E-state index contributed by atoms with van der Waals surface area (Å²) in [6, 6.07) is 12.9. The predicted octanol–water partition coefficient (Wildman–Crippen LogP) is 4.87. The van der Waals surface area contributed by atoms with Crippen molar-refractivity contribution in [3.63, 3.8) is 0 Å². The van der Waals surface area contributed by atoms with E-state index in [0.717, 1.165) is 11.8 Å². The molecule has 0 spiro atoms. The molecule has 0 bridgehead atoms. The molecule has 10 heteroatoms. The summed E-state index contributed by atoms with van der Waals surface area (Å²) in [4.78, 5) is 27.6. The highest BCUT2D eigenvalue weighted by molar-refractivity contribution is 7.92. The van der Waals surface area contributed by atoms with Crippen LogP contribution in [-0.4, -0.2) is 49.5 Å². The van der Waals surface area contributed by atoms with Gasteiger partial charge in [0.15, 0.2) is 0 Å². The Morgan fingerprint density at radius 2 is 1.63 bits per heavy atom. The lowest BCUT2D eigenvalue weighted by molar-refractivity contribution is -0.141. The maximum atomic E-state index is 13.3. The van der Waals surface area contributed by atoms with Gasteiger partial charge in [-0.05, 0) is 70.0 Å². The van der Waals surface area contributed by atoms with Crippen LogP contribution in [0.5, 0.6) is 0 Å². The van der Waals surface area contributed by atoms with E-state index in [-0.39, 0.29) is 37.7 Å². The van der Waals surface area contributed by atoms with Crippen molar-refractivity contribution in [1.82, 2.24) is 10.2 Å². The van der Waals surface area contributed by atoms with Crippen molar-refractivity contribution >= 4 is 50.7 Å². The molecule has 2 rings (SSSR count). The molecular formula is C25H33Cl2N3O4S. The number of amides is 2. The van der Waals surface area contributed by atoms with Gasteiger partial charge in [0.2, 0.25) is 21.8 Å². The van der Waals surface area contributed by atoms with Crippen LogP contribution in [0, 0.1) is 0 Å². The highest BCUT2D eigenvalue weighted by Crippen LogP contribution is 2.23. The maximum absolute atomic E-state index is 13.3. The van der Waals surface area contributed by atoms with E-state index in [1.54, 1.807) is 49.4 Å². The molecule has 192 valence electrons. The fraction of sp³-hybridized carbons (Fsp3) is 0.440. The summed E-state index contributed by atoms with van der Waals surface area (Å²) in [5.41, 5.74) is 0.766. The SMILES string of the molecule is C[C@@H](C(=O)NC(C)(C)C)N(Cc1cccc(Cl)c1)C(=O)CCCN(c1cccc(Cl)c1)S(C)(=O)=O. The fourth-order valence-electron chi connectivity index (χ4n) is 3.52. The van der Waals surface area contributed by atoms with Gasteiger partial charge in [0.05, 0.1) is 11.9 Å². The fourth-order valence-corrected chi connectivity index (χ4v) is 4.88. The van der Waals surface area contributed by atoms with Crippen LogP contribution in [0.2, 0.25) is 10.0 Å². The molecule has 0 fully saturated rings. The first-order valence-electron chi connectivity index (χ1n) is 11.3. The third-order valence-corrected chi connectivity index (χ3v) is 6.82. The molecule has 0 heterocycles. The first kappa shape index (κ1) is 28.9. The lowest BCUT2D eigenvalue weighted by Gasteiger charge is -2.32. The Bertz CT molecular complexity index is 1150. The number of nitrogens with one attached hydrogen (secondary N) is 1. The highest BCUT2D eigenvalue weighted by Gasteiger charge is 2.28. The van der Waals surface area contributed by atoms with Crippen LogP contribution < -0.4 is 9.62 Å². The zero-order valence-electron chi connectivity index (χ0n) is 20.7. The lowest BCUT2D eigenvalue weighted by Crippen LogP contribution is -2.52. The molecule has 0 aromatic heterocycles. The first-order valence-corrected chi connectivity index (χ1v) is 13.9. The van der Waals surface area contributed by atoms with Crippen LogP contribution in [0.1, 0.15) is 46.1 Å². The zero-order valence-corrected chi connectivity index (χ0v) is 23.0. The topological polar surface area (TPSA) is 86.8 Å². The summed E-state index contributed by atoms with van der Waals surface area (Å²) in [7, 11) is -3.59. The summed E-state index contributed by atoms with van der Waals surface area (Å²) in [6.45, 7) is 7.59. The second-order valence-electron chi connectivity index (χ2n) is 9.49. The van der Waals surface area contributed by atoms with Crippen molar-refractivity contribution in [3.05, 3.63) is 64.1 Å². The Labute approximate surface area is 218 Å². The molecule has 0 aliphatic heterocycles. The molecular weight excluding hydrogens is 509 g/mol. The quantitative estimate of drug-likeness (QED) is 0.464. The van der Waals surface area contributed by atoms with E-state index < -0.39 is 21.6 Å². The molecule has 0 saturated heterocycles. The van der Waals surface area contributed by atoms with Crippen molar-refractivity contribution in [2.45, 2.75) is 58.7 Å². The Hall–Kier alpha value is -2.29. The van der Waals surface area contributed by atoms with Crippen LogP contribution in [0.4, 0.5) is 5.69 Å². The number of rotatable bonds is 10. The largest absolute Gasteiger partial charge is 0.350 e. The van der Waals surface area contributed by atoms with Gasteiger partial charge in [0, 0.05) is 35.1 Å². The zero-order chi connectivity index (χ0) is 26.4. The van der Waals surface area contributed by atoms with Crippen molar-refractivity contribution in [3.8, 4) is 0 Å². The van der Waals surface area contributed by atoms with Crippen molar-refractivity contribution in [2.24, 2.45) is 0 Å². The van der Waals surface area contributed by atoms with Gasteiger partial charge in [-0.3, -0.25) is 13.9 Å². The Kier molecular flexibility index (Phi) is 10.0. The number of carbonyl (C=O) groups excluding carboxylic acids is 2. The maximum Gasteiger partial charge on any atom is 0.242 e. The van der Waals surface area contributed by atoms with E-state index in [1.165, 1.54) is 9.21 Å². The molecule has 0 radical (unpaired) electrons. The average Bonchev–Trinajstić information content (AvgIpc) is 2.72. The van der Waals surface area contributed by atoms with Gasteiger partial charge in [0.25, 0.3) is 0 Å². The number of benzene rings is 2. The number of hydrogen-bond acceptors (Lipinski definition) is 4. The molecule has 0 aliphatic carbocycles. The van der Waals surface area contributed by atoms with Crippen molar-refractivity contribution < 1.29 is 18.0 Å². The molecule has 7 nitrogen and oxygen atoms in total. The molecule has 35 heavy (non-hydrogen) atoms.